The zero-order valence-corrected chi connectivity index (χ0v) is 11.9. The average Bonchev–Trinajstić information content (AvgIpc) is 2.74. The molecule has 0 aromatic carbocycles. The summed E-state index contributed by atoms with van der Waals surface area (Å²) in [6.07, 6.45) is -5.80. The summed E-state index contributed by atoms with van der Waals surface area (Å²) >= 11 is 5.60. The molecule has 122 valence electrons. The van der Waals surface area contributed by atoms with Crippen LogP contribution in [-0.4, -0.2) is 55.7 Å². The number of halogens is 1. The molecule has 1 amide bonds. The first-order valence-corrected chi connectivity index (χ1v) is 6.72. The highest BCUT2D eigenvalue weighted by molar-refractivity contribution is 6.17. The van der Waals surface area contributed by atoms with Gasteiger partial charge in [-0.25, -0.2) is 4.79 Å². The fraction of sp³-hybridized carbons (Fsp3) is 0.545. The first kappa shape index (κ1) is 16.6. The van der Waals surface area contributed by atoms with Gasteiger partial charge in [-0.3, -0.25) is 19.1 Å². The van der Waals surface area contributed by atoms with Crippen molar-refractivity contribution in [3.05, 3.63) is 32.1 Å². The first-order chi connectivity index (χ1) is 10.3. The van der Waals surface area contributed by atoms with E-state index in [1.807, 2.05) is 4.98 Å². The second kappa shape index (κ2) is 6.18. The summed E-state index contributed by atoms with van der Waals surface area (Å²) in [5.74, 6) is -1.54. The van der Waals surface area contributed by atoms with Gasteiger partial charge < -0.3 is 25.8 Å². The number of nitrogens with zero attached hydrogens (tertiary/aromatic N) is 1. The number of nitrogens with two attached hydrogens (primary N) is 1. The molecule has 1 aliphatic heterocycles. The second-order valence-electron chi connectivity index (χ2n) is 4.68. The fourth-order valence-electron chi connectivity index (χ4n) is 2.31. The van der Waals surface area contributed by atoms with Crippen LogP contribution >= 0.6 is 11.6 Å². The lowest BCUT2D eigenvalue weighted by atomic mass is 10.1. The molecule has 1 fully saturated rings. The summed E-state index contributed by atoms with van der Waals surface area (Å²) in [6.45, 7) is -0.624. The first-order valence-electron chi connectivity index (χ1n) is 6.19. The number of aliphatic hydroxyl groups is 3. The Balaban J connectivity index is 2.68. The Morgan fingerprint density at radius 3 is 2.45 bits per heavy atom. The maximum atomic E-state index is 12.0. The van der Waals surface area contributed by atoms with Gasteiger partial charge in [-0.15, -0.1) is 11.6 Å². The molecular formula is C11H14ClN3O7. The maximum Gasteiger partial charge on any atom is 0.331 e. The summed E-state index contributed by atoms with van der Waals surface area (Å²) in [6, 6.07) is 0. The Morgan fingerprint density at radius 2 is 2.00 bits per heavy atom. The van der Waals surface area contributed by atoms with Crippen LogP contribution in [0.5, 0.6) is 0 Å². The minimum absolute atomic E-state index is 0.272. The maximum absolute atomic E-state index is 12.0. The number of aliphatic hydroxyl groups excluding tert-OH is 3. The van der Waals surface area contributed by atoms with Gasteiger partial charge in [0.05, 0.1) is 18.1 Å². The number of ether oxygens (including phenoxy) is 1. The van der Waals surface area contributed by atoms with Gasteiger partial charge in [-0.05, 0) is 0 Å². The molecule has 1 aromatic rings. The van der Waals surface area contributed by atoms with E-state index < -0.39 is 59.9 Å². The van der Waals surface area contributed by atoms with Crippen LogP contribution in [0.1, 0.15) is 22.3 Å². The molecular weight excluding hydrogens is 322 g/mol. The summed E-state index contributed by atoms with van der Waals surface area (Å²) in [4.78, 5) is 37.2. The lowest BCUT2D eigenvalue weighted by Gasteiger charge is -2.21. The minimum atomic E-state index is -1.62. The molecule has 11 heteroatoms. The Morgan fingerprint density at radius 1 is 1.36 bits per heavy atom. The van der Waals surface area contributed by atoms with Crippen molar-refractivity contribution in [3.63, 3.8) is 0 Å². The predicted octanol–water partition coefficient (Wildman–Crippen LogP) is -3.01. The fourth-order valence-corrected chi connectivity index (χ4v) is 2.56. The van der Waals surface area contributed by atoms with E-state index >= 15 is 0 Å². The van der Waals surface area contributed by atoms with E-state index in [0.29, 0.717) is 4.57 Å². The van der Waals surface area contributed by atoms with Crippen molar-refractivity contribution >= 4 is 17.5 Å². The summed E-state index contributed by atoms with van der Waals surface area (Å²) in [5.41, 5.74) is 2.42. The Hall–Kier alpha value is -1.72. The van der Waals surface area contributed by atoms with E-state index in [2.05, 4.69) is 0 Å². The molecule has 22 heavy (non-hydrogen) atoms. The Labute approximate surface area is 127 Å². The number of alkyl halides is 1. The van der Waals surface area contributed by atoms with E-state index in [1.165, 1.54) is 0 Å². The number of H-pyrrole nitrogens is 1. The second-order valence-corrected chi connectivity index (χ2v) is 4.95. The minimum Gasteiger partial charge on any atom is -0.394 e. The molecule has 0 radical (unpaired) electrons. The number of primary amides is 1. The van der Waals surface area contributed by atoms with Crippen molar-refractivity contribution < 1.29 is 24.9 Å². The number of hydrogen-bond acceptors (Lipinski definition) is 7. The molecule has 0 spiro atoms. The van der Waals surface area contributed by atoms with E-state index in [9.17, 15) is 24.6 Å². The van der Waals surface area contributed by atoms with Gasteiger partial charge in [0.1, 0.15) is 24.0 Å². The molecule has 4 atom stereocenters. The van der Waals surface area contributed by atoms with Gasteiger partial charge in [-0.2, -0.15) is 0 Å². The van der Waals surface area contributed by atoms with Crippen LogP contribution in [0.15, 0.2) is 9.59 Å². The van der Waals surface area contributed by atoms with Crippen LogP contribution in [0.3, 0.4) is 0 Å². The normalized spacial score (nSPS) is 28.0. The Kier molecular flexibility index (Phi) is 4.68. The van der Waals surface area contributed by atoms with Crippen LogP contribution in [0.2, 0.25) is 0 Å². The van der Waals surface area contributed by atoms with Gasteiger partial charge in [0.25, 0.3) is 11.5 Å². The van der Waals surface area contributed by atoms with E-state index in [-0.39, 0.29) is 5.56 Å². The van der Waals surface area contributed by atoms with Crippen LogP contribution in [0, 0.1) is 0 Å². The monoisotopic (exact) mass is 335 g/mol. The van der Waals surface area contributed by atoms with Gasteiger partial charge in [0, 0.05) is 0 Å². The number of nitrogens with one attached hydrogen (secondary N) is 1. The third kappa shape index (κ3) is 2.55. The van der Waals surface area contributed by atoms with Crippen LogP contribution in [0.4, 0.5) is 0 Å². The molecule has 10 nitrogen and oxygen atoms in total. The number of aromatic amines is 1. The number of aromatic nitrogens is 2. The van der Waals surface area contributed by atoms with E-state index in [1.54, 1.807) is 0 Å². The van der Waals surface area contributed by atoms with Crippen molar-refractivity contribution in [2.45, 2.75) is 30.4 Å². The molecule has 1 aromatic heterocycles. The largest absolute Gasteiger partial charge is 0.394 e. The Bertz CT molecular complexity index is 700. The molecule has 1 aliphatic rings. The zero-order chi connectivity index (χ0) is 16.6. The standard InChI is InChI=1S/C11H14ClN3O7/c12-1-3-5(8(13)19)15(11(21)14-9(3)20)10-7(18)6(17)4(2-16)22-10/h4,6-7,10,16-18H,1-2H2,(H2,13,19)(H,14,20,21)/t4-,6-,7-,10-/m1/s1. The van der Waals surface area contributed by atoms with Crippen LogP contribution in [0.25, 0.3) is 0 Å². The van der Waals surface area contributed by atoms with Crippen molar-refractivity contribution in [1.29, 1.82) is 0 Å². The van der Waals surface area contributed by atoms with Crippen LogP contribution in [-0.2, 0) is 10.6 Å². The average molecular weight is 336 g/mol. The van der Waals surface area contributed by atoms with Crippen molar-refractivity contribution in [2.24, 2.45) is 5.73 Å². The lowest BCUT2D eigenvalue weighted by molar-refractivity contribution is -0.0558. The molecule has 0 unspecified atom stereocenters. The summed E-state index contributed by atoms with van der Waals surface area (Å²) < 4.78 is 5.79. The van der Waals surface area contributed by atoms with Crippen molar-refractivity contribution in [2.75, 3.05) is 6.61 Å². The summed E-state index contributed by atoms with van der Waals surface area (Å²) in [5, 5.41) is 28.7. The molecule has 2 heterocycles. The third-order valence-electron chi connectivity index (χ3n) is 3.38. The highest BCUT2D eigenvalue weighted by atomic mass is 35.5. The number of rotatable bonds is 4. The predicted molar refractivity (Wildman–Crippen MR) is 72.4 cm³/mol. The zero-order valence-electron chi connectivity index (χ0n) is 11.1. The van der Waals surface area contributed by atoms with Crippen LogP contribution < -0.4 is 17.0 Å². The number of carbonyl (C=O) groups is 1. The quantitative estimate of drug-likeness (QED) is 0.365. The number of carbonyl (C=O) groups excluding carboxylic acids is 1. The molecule has 0 aliphatic carbocycles. The molecule has 1 saturated heterocycles. The van der Waals surface area contributed by atoms with Gasteiger partial charge in [-0.1, -0.05) is 0 Å². The molecule has 2 rings (SSSR count). The number of hydrogen-bond donors (Lipinski definition) is 5. The van der Waals surface area contributed by atoms with Crippen molar-refractivity contribution in [1.82, 2.24) is 9.55 Å². The third-order valence-corrected chi connectivity index (χ3v) is 3.65. The number of amides is 1. The van der Waals surface area contributed by atoms with Gasteiger partial charge >= 0.3 is 5.69 Å². The molecule has 0 saturated carbocycles. The molecule has 0 bridgehead atoms. The van der Waals surface area contributed by atoms with E-state index in [4.69, 9.17) is 27.2 Å². The van der Waals surface area contributed by atoms with Gasteiger partial charge in [0.15, 0.2) is 6.23 Å². The van der Waals surface area contributed by atoms with Gasteiger partial charge in [0.2, 0.25) is 0 Å². The smallest absolute Gasteiger partial charge is 0.331 e. The topological polar surface area (TPSA) is 168 Å². The van der Waals surface area contributed by atoms with Crippen molar-refractivity contribution in [3.8, 4) is 0 Å². The highest BCUT2D eigenvalue weighted by Crippen LogP contribution is 2.29. The lowest BCUT2D eigenvalue weighted by Crippen LogP contribution is -2.43. The highest BCUT2D eigenvalue weighted by Gasteiger charge is 2.45. The summed E-state index contributed by atoms with van der Waals surface area (Å²) in [7, 11) is 0. The SMILES string of the molecule is NC(=O)c1c(CCl)c(=O)[nH]c(=O)n1[C@@H]1O[C@H](CO)[C@@H](O)[C@H]1O. The van der Waals surface area contributed by atoms with E-state index in [0.717, 1.165) is 0 Å². The molecule has 6 N–H and O–H groups in total.